The van der Waals surface area contributed by atoms with Crippen molar-refractivity contribution in [3.63, 3.8) is 0 Å². The number of hydrogen-bond donors (Lipinski definition) is 3. The van der Waals surface area contributed by atoms with Gasteiger partial charge < -0.3 is 16.4 Å². The minimum atomic E-state index is -0.590. The summed E-state index contributed by atoms with van der Waals surface area (Å²) in [4.78, 5) is 36.2. The Kier molecular flexibility index (Phi) is 5.73. The highest BCUT2D eigenvalue weighted by Gasteiger charge is 2.18. The Morgan fingerprint density at radius 1 is 0.966 bits per heavy atom. The van der Waals surface area contributed by atoms with Crippen molar-refractivity contribution in [2.24, 2.45) is 11.7 Å². The van der Waals surface area contributed by atoms with E-state index < -0.39 is 11.8 Å². The second kappa shape index (κ2) is 8.39. The summed E-state index contributed by atoms with van der Waals surface area (Å²) >= 11 is 0. The predicted molar refractivity (Wildman–Crippen MR) is 110 cm³/mol. The standard InChI is InChI=1S/C21H21N5O3/c1-13(2)20(28)24-18-12-17(25-26(18)16-9-4-3-5-10-16)21(29)23-15-8-6-7-14(11-15)19(22)27/h3-13H,1-2H3,(H2,22,27)(H,23,29)(H,24,28). The van der Waals surface area contributed by atoms with Crippen molar-refractivity contribution in [3.8, 4) is 5.69 Å². The van der Waals surface area contributed by atoms with E-state index in [1.807, 2.05) is 30.3 Å². The summed E-state index contributed by atoms with van der Waals surface area (Å²) in [5.74, 6) is -1.12. The molecule has 0 unspecified atom stereocenters. The number of para-hydroxylation sites is 1. The van der Waals surface area contributed by atoms with Gasteiger partial charge in [0, 0.05) is 23.2 Å². The summed E-state index contributed by atoms with van der Waals surface area (Å²) in [7, 11) is 0. The number of primary amides is 1. The van der Waals surface area contributed by atoms with E-state index in [1.165, 1.54) is 16.8 Å². The highest BCUT2D eigenvalue weighted by molar-refractivity contribution is 6.05. The molecule has 0 fully saturated rings. The van der Waals surface area contributed by atoms with Crippen LogP contribution in [0.25, 0.3) is 5.69 Å². The van der Waals surface area contributed by atoms with Crippen LogP contribution in [-0.2, 0) is 4.79 Å². The minimum Gasteiger partial charge on any atom is -0.366 e. The van der Waals surface area contributed by atoms with Gasteiger partial charge in [0.25, 0.3) is 5.91 Å². The highest BCUT2D eigenvalue weighted by atomic mass is 16.2. The molecule has 0 saturated heterocycles. The minimum absolute atomic E-state index is 0.109. The molecule has 0 aliphatic rings. The molecule has 8 nitrogen and oxygen atoms in total. The van der Waals surface area contributed by atoms with Crippen molar-refractivity contribution in [1.29, 1.82) is 0 Å². The Labute approximate surface area is 167 Å². The number of aromatic nitrogens is 2. The van der Waals surface area contributed by atoms with Gasteiger partial charge in [-0.25, -0.2) is 4.68 Å². The zero-order valence-electron chi connectivity index (χ0n) is 16.0. The highest BCUT2D eigenvalue weighted by Crippen LogP contribution is 2.19. The van der Waals surface area contributed by atoms with Crippen molar-refractivity contribution in [1.82, 2.24) is 9.78 Å². The SMILES string of the molecule is CC(C)C(=O)Nc1cc(C(=O)Nc2cccc(C(N)=O)c2)nn1-c1ccccc1. The Bertz CT molecular complexity index is 1060. The van der Waals surface area contributed by atoms with Crippen LogP contribution in [0, 0.1) is 5.92 Å². The summed E-state index contributed by atoms with van der Waals surface area (Å²) in [6.07, 6.45) is 0. The molecule has 2 aromatic carbocycles. The Balaban J connectivity index is 1.92. The van der Waals surface area contributed by atoms with Crippen LogP contribution in [0.1, 0.15) is 34.7 Å². The van der Waals surface area contributed by atoms with Crippen molar-refractivity contribution in [3.05, 3.63) is 71.9 Å². The predicted octanol–water partition coefficient (Wildman–Crippen LogP) is 2.82. The molecular formula is C21H21N5O3. The largest absolute Gasteiger partial charge is 0.366 e. The van der Waals surface area contributed by atoms with Gasteiger partial charge in [-0.05, 0) is 30.3 Å². The monoisotopic (exact) mass is 391 g/mol. The van der Waals surface area contributed by atoms with Crippen LogP contribution in [0.3, 0.4) is 0 Å². The number of nitrogens with two attached hydrogens (primary N) is 1. The Morgan fingerprint density at radius 2 is 1.69 bits per heavy atom. The molecule has 0 bridgehead atoms. The Hall–Kier alpha value is -3.94. The number of amides is 3. The fourth-order valence-electron chi connectivity index (χ4n) is 2.56. The lowest BCUT2D eigenvalue weighted by atomic mass is 10.2. The van der Waals surface area contributed by atoms with Crippen molar-refractivity contribution >= 4 is 29.2 Å². The quantitative estimate of drug-likeness (QED) is 0.598. The van der Waals surface area contributed by atoms with Gasteiger partial charge in [0.15, 0.2) is 5.69 Å². The number of rotatable bonds is 6. The van der Waals surface area contributed by atoms with Crippen LogP contribution < -0.4 is 16.4 Å². The second-order valence-electron chi connectivity index (χ2n) is 6.71. The van der Waals surface area contributed by atoms with Crippen LogP contribution in [0.2, 0.25) is 0 Å². The molecule has 0 aliphatic heterocycles. The van der Waals surface area contributed by atoms with Gasteiger partial charge in [0.1, 0.15) is 5.82 Å². The van der Waals surface area contributed by atoms with Crippen molar-refractivity contribution < 1.29 is 14.4 Å². The molecule has 0 spiro atoms. The average Bonchev–Trinajstić information content (AvgIpc) is 3.12. The van der Waals surface area contributed by atoms with Crippen LogP contribution in [0.5, 0.6) is 0 Å². The van der Waals surface area contributed by atoms with Crippen LogP contribution in [0.15, 0.2) is 60.7 Å². The zero-order valence-corrected chi connectivity index (χ0v) is 16.0. The van der Waals surface area contributed by atoms with Gasteiger partial charge in [-0.3, -0.25) is 14.4 Å². The molecule has 4 N–H and O–H groups in total. The molecule has 3 aromatic rings. The molecule has 29 heavy (non-hydrogen) atoms. The molecular weight excluding hydrogens is 370 g/mol. The van der Waals surface area contributed by atoms with E-state index in [0.717, 1.165) is 0 Å². The number of hydrogen-bond acceptors (Lipinski definition) is 4. The molecule has 0 saturated carbocycles. The number of nitrogens with zero attached hydrogens (tertiary/aromatic N) is 2. The molecule has 1 aromatic heterocycles. The summed E-state index contributed by atoms with van der Waals surface area (Å²) in [5, 5.41) is 9.82. The van der Waals surface area contributed by atoms with Crippen LogP contribution >= 0.6 is 0 Å². The number of carbonyl (C=O) groups is 3. The van der Waals surface area contributed by atoms with Crippen LogP contribution in [0.4, 0.5) is 11.5 Å². The lowest BCUT2D eigenvalue weighted by Gasteiger charge is -2.10. The number of anilines is 2. The zero-order chi connectivity index (χ0) is 21.0. The van der Waals surface area contributed by atoms with Crippen molar-refractivity contribution in [2.75, 3.05) is 10.6 Å². The third kappa shape index (κ3) is 4.67. The third-order valence-electron chi connectivity index (χ3n) is 4.12. The number of nitrogens with one attached hydrogen (secondary N) is 2. The second-order valence-corrected chi connectivity index (χ2v) is 6.71. The van der Waals surface area contributed by atoms with E-state index in [9.17, 15) is 14.4 Å². The fraction of sp³-hybridized carbons (Fsp3) is 0.143. The maximum atomic E-state index is 12.7. The molecule has 0 aliphatic carbocycles. The topological polar surface area (TPSA) is 119 Å². The van der Waals surface area contributed by atoms with Gasteiger partial charge in [-0.2, -0.15) is 5.10 Å². The maximum Gasteiger partial charge on any atom is 0.276 e. The van der Waals surface area contributed by atoms with Gasteiger partial charge in [-0.1, -0.05) is 38.1 Å². The molecule has 3 rings (SSSR count). The summed E-state index contributed by atoms with van der Waals surface area (Å²) in [5.41, 5.74) is 6.77. The first-order chi connectivity index (χ1) is 13.8. The molecule has 3 amide bonds. The third-order valence-corrected chi connectivity index (χ3v) is 4.12. The Morgan fingerprint density at radius 3 is 2.34 bits per heavy atom. The van der Waals surface area contributed by atoms with Gasteiger partial charge >= 0.3 is 0 Å². The van der Waals surface area contributed by atoms with E-state index in [2.05, 4.69) is 15.7 Å². The van der Waals surface area contributed by atoms with E-state index >= 15 is 0 Å². The maximum absolute atomic E-state index is 12.7. The van der Waals surface area contributed by atoms with Gasteiger partial charge in [0.2, 0.25) is 11.8 Å². The van der Waals surface area contributed by atoms with Gasteiger partial charge in [0.05, 0.1) is 5.69 Å². The van der Waals surface area contributed by atoms with Crippen LogP contribution in [-0.4, -0.2) is 27.5 Å². The smallest absolute Gasteiger partial charge is 0.276 e. The van der Waals surface area contributed by atoms with E-state index in [0.29, 0.717) is 17.2 Å². The molecule has 1 heterocycles. The number of benzene rings is 2. The summed E-state index contributed by atoms with van der Waals surface area (Å²) < 4.78 is 1.50. The first-order valence-corrected chi connectivity index (χ1v) is 9.02. The fourth-order valence-corrected chi connectivity index (χ4v) is 2.56. The number of carbonyl (C=O) groups excluding carboxylic acids is 3. The first-order valence-electron chi connectivity index (χ1n) is 9.02. The lowest BCUT2D eigenvalue weighted by molar-refractivity contribution is -0.118. The molecule has 0 radical (unpaired) electrons. The van der Waals surface area contributed by atoms with Crippen molar-refractivity contribution in [2.45, 2.75) is 13.8 Å². The normalized spacial score (nSPS) is 10.6. The molecule has 0 atom stereocenters. The summed E-state index contributed by atoms with van der Waals surface area (Å²) in [6, 6.07) is 17.0. The molecule has 8 heteroatoms. The average molecular weight is 391 g/mol. The van der Waals surface area contributed by atoms with E-state index in [1.54, 1.807) is 32.0 Å². The van der Waals surface area contributed by atoms with Gasteiger partial charge in [-0.15, -0.1) is 0 Å². The summed E-state index contributed by atoms with van der Waals surface area (Å²) in [6.45, 7) is 3.55. The lowest BCUT2D eigenvalue weighted by Crippen LogP contribution is -2.19. The molecule has 148 valence electrons. The van der Waals surface area contributed by atoms with E-state index in [4.69, 9.17) is 5.73 Å². The first kappa shape index (κ1) is 19.8. The van der Waals surface area contributed by atoms with E-state index in [-0.39, 0.29) is 23.1 Å².